The van der Waals surface area contributed by atoms with Crippen molar-refractivity contribution in [2.75, 3.05) is 0 Å². The van der Waals surface area contributed by atoms with Gasteiger partial charge in [0.1, 0.15) is 23.1 Å². The fraction of sp³-hybridized carbons (Fsp3) is 0.0667. The van der Waals surface area contributed by atoms with Crippen LogP contribution in [0.3, 0.4) is 0 Å². The Bertz CT molecular complexity index is 906. The van der Waals surface area contributed by atoms with Gasteiger partial charge in [0.2, 0.25) is 0 Å². The van der Waals surface area contributed by atoms with E-state index in [1.165, 1.54) is 6.07 Å². The minimum absolute atomic E-state index is 0.0367. The van der Waals surface area contributed by atoms with Gasteiger partial charge < -0.3 is 0 Å². The van der Waals surface area contributed by atoms with Crippen LogP contribution in [-0.4, -0.2) is 14.5 Å². The van der Waals surface area contributed by atoms with Crippen LogP contribution in [0.1, 0.15) is 11.4 Å². The quantitative estimate of drug-likeness (QED) is 0.532. The number of aromatic nitrogens is 2. The molecule has 0 spiro atoms. The smallest absolute Gasteiger partial charge is 0.290 e. The second kappa shape index (κ2) is 4.72. The zero-order valence-electron chi connectivity index (χ0n) is 11.1. The Morgan fingerprint density at radius 2 is 2.00 bits per heavy atom. The van der Waals surface area contributed by atoms with Crippen molar-refractivity contribution < 1.29 is 4.92 Å². The van der Waals surface area contributed by atoms with Crippen LogP contribution in [0.25, 0.3) is 16.7 Å². The normalized spacial score (nSPS) is 10.5. The van der Waals surface area contributed by atoms with Gasteiger partial charge in [0.25, 0.3) is 0 Å². The van der Waals surface area contributed by atoms with Crippen LogP contribution in [0.5, 0.6) is 0 Å². The number of hydrogen-bond acceptors (Lipinski definition) is 4. The predicted octanol–water partition coefficient (Wildman–Crippen LogP) is 3.11. The molecule has 0 saturated heterocycles. The maximum atomic E-state index is 11.4. The van der Waals surface area contributed by atoms with Crippen molar-refractivity contribution in [2.24, 2.45) is 0 Å². The van der Waals surface area contributed by atoms with Gasteiger partial charge in [0.05, 0.1) is 16.0 Å². The van der Waals surface area contributed by atoms with E-state index >= 15 is 0 Å². The highest BCUT2D eigenvalue weighted by Crippen LogP contribution is 2.30. The number of rotatable bonds is 2. The van der Waals surface area contributed by atoms with Crippen molar-refractivity contribution >= 4 is 16.7 Å². The van der Waals surface area contributed by atoms with Crippen LogP contribution in [0.2, 0.25) is 0 Å². The molecular weight excluding hydrogens is 268 g/mol. The number of benzene rings is 2. The standard InChI is InChI=1S/C15H10N4O2/c1-10-17-12-6-2-3-7-13(12)18(10)14-8-4-5-11(9-16)15(14)19(20)21/h2-8H,1H3. The third-order valence-corrected chi connectivity index (χ3v) is 3.29. The summed E-state index contributed by atoms with van der Waals surface area (Å²) in [7, 11) is 0. The fourth-order valence-corrected chi connectivity index (χ4v) is 2.44. The Hall–Kier alpha value is -3.20. The number of nitriles is 1. The molecule has 1 aromatic heterocycles. The Kier molecular flexibility index (Phi) is 2.88. The lowest BCUT2D eigenvalue weighted by Crippen LogP contribution is -2.03. The van der Waals surface area contributed by atoms with E-state index in [2.05, 4.69) is 4.98 Å². The van der Waals surface area contributed by atoms with Gasteiger partial charge in [0, 0.05) is 0 Å². The summed E-state index contributed by atoms with van der Waals surface area (Å²) in [5.74, 6) is 0.634. The molecule has 0 bridgehead atoms. The van der Waals surface area contributed by atoms with Crippen LogP contribution in [-0.2, 0) is 0 Å². The molecule has 6 heteroatoms. The first kappa shape index (κ1) is 12.8. The maximum absolute atomic E-state index is 11.4. The van der Waals surface area contributed by atoms with E-state index in [1.807, 2.05) is 30.3 Å². The molecule has 0 atom stereocenters. The Morgan fingerprint density at radius 3 is 2.71 bits per heavy atom. The van der Waals surface area contributed by atoms with E-state index in [0.29, 0.717) is 11.5 Å². The van der Waals surface area contributed by atoms with E-state index < -0.39 is 4.92 Å². The molecular formula is C15H10N4O2. The average Bonchev–Trinajstić information content (AvgIpc) is 2.81. The largest absolute Gasteiger partial charge is 0.310 e. The summed E-state index contributed by atoms with van der Waals surface area (Å²) in [5, 5.41) is 20.5. The third kappa shape index (κ3) is 1.92. The molecule has 0 saturated carbocycles. The summed E-state index contributed by atoms with van der Waals surface area (Å²) in [6, 6.07) is 14.0. The first-order chi connectivity index (χ1) is 10.1. The summed E-state index contributed by atoms with van der Waals surface area (Å²) < 4.78 is 1.70. The summed E-state index contributed by atoms with van der Waals surface area (Å²) in [4.78, 5) is 15.2. The van der Waals surface area contributed by atoms with Gasteiger partial charge in [-0.1, -0.05) is 18.2 Å². The monoisotopic (exact) mass is 278 g/mol. The van der Waals surface area contributed by atoms with Gasteiger partial charge in [-0.3, -0.25) is 14.7 Å². The Labute approximate surface area is 120 Å². The number of nitro groups is 1. The van der Waals surface area contributed by atoms with E-state index in [-0.39, 0.29) is 11.3 Å². The lowest BCUT2D eigenvalue weighted by atomic mass is 10.1. The first-order valence-electron chi connectivity index (χ1n) is 6.25. The second-order valence-electron chi connectivity index (χ2n) is 4.53. The van der Waals surface area contributed by atoms with Crippen molar-refractivity contribution in [3.05, 3.63) is 64.0 Å². The molecule has 0 fully saturated rings. The number of hydrogen-bond donors (Lipinski definition) is 0. The van der Waals surface area contributed by atoms with Crippen molar-refractivity contribution in [3.63, 3.8) is 0 Å². The molecule has 0 radical (unpaired) electrons. The lowest BCUT2D eigenvalue weighted by Gasteiger charge is -2.08. The van der Waals surface area contributed by atoms with Crippen LogP contribution >= 0.6 is 0 Å². The highest BCUT2D eigenvalue weighted by Gasteiger charge is 2.23. The summed E-state index contributed by atoms with van der Waals surface area (Å²) in [6.45, 7) is 1.78. The van der Waals surface area contributed by atoms with Crippen LogP contribution in [0.4, 0.5) is 5.69 Å². The van der Waals surface area contributed by atoms with Gasteiger partial charge in [-0.2, -0.15) is 5.26 Å². The number of imidazole rings is 1. The average molecular weight is 278 g/mol. The van der Waals surface area contributed by atoms with Crippen molar-refractivity contribution in [2.45, 2.75) is 6.92 Å². The maximum Gasteiger partial charge on any atom is 0.310 e. The molecule has 21 heavy (non-hydrogen) atoms. The van der Waals surface area contributed by atoms with Gasteiger partial charge in [0.15, 0.2) is 0 Å². The van der Waals surface area contributed by atoms with Gasteiger partial charge in [-0.05, 0) is 31.2 Å². The molecule has 0 unspecified atom stereocenters. The van der Waals surface area contributed by atoms with Gasteiger partial charge >= 0.3 is 5.69 Å². The number of nitro benzene ring substituents is 1. The van der Waals surface area contributed by atoms with Gasteiger partial charge in [-0.25, -0.2) is 4.98 Å². The number of para-hydroxylation sites is 3. The first-order valence-corrected chi connectivity index (χ1v) is 6.25. The molecule has 0 amide bonds. The molecule has 0 aliphatic rings. The van der Waals surface area contributed by atoms with E-state index in [4.69, 9.17) is 5.26 Å². The molecule has 0 aliphatic carbocycles. The summed E-state index contributed by atoms with van der Waals surface area (Å²) >= 11 is 0. The molecule has 2 aromatic carbocycles. The molecule has 3 aromatic rings. The topological polar surface area (TPSA) is 84.8 Å². The molecule has 6 nitrogen and oxygen atoms in total. The van der Waals surface area contributed by atoms with Crippen molar-refractivity contribution in [1.29, 1.82) is 5.26 Å². The van der Waals surface area contributed by atoms with Crippen LogP contribution in [0.15, 0.2) is 42.5 Å². The summed E-state index contributed by atoms with van der Waals surface area (Å²) in [6.07, 6.45) is 0. The van der Waals surface area contributed by atoms with Crippen molar-refractivity contribution in [3.8, 4) is 11.8 Å². The number of nitrogens with zero attached hydrogens (tertiary/aromatic N) is 4. The fourth-order valence-electron chi connectivity index (χ4n) is 2.44. The van der Waals surface area contributed by atoms with E-state index in [1.54, 1.807) is 23.6 Å². The van der Waals surface area contributed by atoms with E-state index in [9.17, 15) is 10.1 Å². The van der Waals surface area contributed by atoms with E-state index in [0.717, 1.165) is 11.0 Å². The SMILES string of the molecule is Cc1nc2ccccc2n1-c1cccc(C#N)c1[N+](=O)[O-]. The third-order valence-electron chi connectivity index (χ3n) is 3.29. The zero-order chi connectivity index (χ0) is 15.0. The highest BCUT2D eigenvalue weighted by molar-refractivity contribution is 5.80. The van der Waals surface area contributed by atoms with Crippen molar-refractivity contribution in [1.82, 2.24) is 9.55 Å². The van der Waals surface area contributed by atoms with Crippen LogP contribution in [0, 0.1) is 28.4 Å². The zero-order valence-corrected chi connectivity index (χ0v) is 11.1. The predicted molar refractivity (Wildman–Crippen MR) is 77.2 cm³/mol. The summed E-state index contributed by atoms with van der Waals surface area (Å²) in [5.41, 5.74) is 1.71. The second-order valence-corrected chi connectivity index (χ2v) is 4.53. The lowest BCUT2D eigenvalue weighted by molar-refractivity contribution is -0.384. The Balaban J connectivity index is 2.42. The minimum Gasteiger partial charge on any atom is -0.290 e. The minimum atomic E-state index is -0.526. The molecule has 1 heterocycles. The van der Waals surface area contributed by atoms with Crippen LogP contribution < -0.4 is 0 Å². The molecule has 0 N–H and O–H groups in total. The Morgan fingerprint density at radius 1 is 1.24 bits per heavy atom. The number of fused-ring (bicyclic) bond motifs is 1. The highest BCUT2D eigenvalue weighted by atomic mass is 16.6. The molecule has 3 rings (SSSR count). The molecule has 102 valence electrons. The molecule has 0 aliphatic heterocycles. The van der Waals surface area contributed by atoms with Gasteiger partial charge in [-0.15, -0.1) is 0 Å². The number of aryl methyl sites for hydroxylation is 1.